The number of amides is 2. The molecule has 0 aliphatic rings. The van der Waals surface area contributed by atoms with Gasteiger partial charge in [0.15, 0.2) is 6.61 Å². The van der Waals surface area contributed by atoms with Crippen molar-refractivity contribution >= 4 is 29.2 Å². The van der Waals surface area contributed by atoms with Crippen molar-refractivity contribution in [2.75, 3.05) is 24.4 Å². The van der Waals surface area contributed by atoms with Gasteiger partial charge in [0.05, 0.1) is 13.5 Å². The standard InChI is InChI=1S/C21H24N2O5/c1-14-6-4-7-15(2)21(14)23-18(24)10-11-20(26)28-13-19(25)22-16-8-5-9-17(12-16)27-3/h4-9,12H,10-11,13H2,1-3H3,(H,22,25)(H,23,24). The Balaban J connectivity index is 1.73. The summed E-state index contributed by atoms with van der Waals surface area (Å²) in [6.45, 7) is 3.38. The molecule has 0 aliphatic carbocycles. The average molecular weight is 384 g/mol. The largest absolute Gasteiger partial charge is 0.497 e. The highest BCUT2D eigenvalue weighted by molar-refractivity contribution is 5.95. The molecule has 7 heteroatoms. The molecule has 0 aromatic heterocycles. The lowest BCUT2D eigenvalue weighted by Gasteiger charge is -2.11. The molecule has 2 aromatic rings. The second kappa shape index (κ2) is 10.1. The first-order valence-corrected chi connectivity index (χ1v) is 8.84. The molecule has 0 spiro atoms. The molecule has 2 aromatic carbocycles. The van der Waals surface area contributed by atoms with Gasteiger partial charge in [0.1, 0.15) is 5.75 Å². The Morgan fingerprint density at radius 3 is 2.25 bits per heavy atom. The number of benzene rings is 2. The van der Waals surface area contributed by atoms with Crippen molar-refractivity contribution in [2.24, 2.45) is 0 Å². The number of hydrogen-bond acceptors (Lipinski definition) is 5. The van der Waals surface area contributed by atoms with E-state index in [2.05, 4.69) is 10.6 Å². The second-order valence-electron chi connectivity index (χ2n) is 6.26. The minimum atomic E-state index is -0.613. The van der Waals surface area contributed by atoms with E-state index in [1.54, 1.807) is 24.3 Å². The summed E-state index contributed by atoms with van der Waals surface area (Å²) >= 11 is 0. The summed E-state index contributed by atoms with van der Waals surface area (Å²) in [5.74, 6) is -0.765. The Bertz CT molecular complexity index is 843. The van der Waals surface area contributed by atoms with Gasteiger partial charge >= 0.3 is 5.97 Å². The summed E-state index contributed by atoms with van der Waals surface area (Å²) in [5, 5.41) is 5.41. The minimum Gasteiger partial charge on any atom is -0.497 e. The average Bonchev–Trinajstić information content (AvgIpc) is 2.68. The van der Waals surface area contributed by atoms with Crippen LogP contribution < -0.4 is 15.4 Å². The Hall–Kier alpha value is -3.35. The van der Waals surface area contributed by atoms with Gasteiger partial charge in [-0.25, -0.2) is 0 Å². The van der Waals surface area contributed by atoms with Crippen LogP contribution in [0.1, 0.15) is 24.0 Å². The van der Waals surface area contributed by atoms with Crippen LogP contribution in [0.5, 0.6) is 5.75 Å². The topological polar surface area (TPSA) is 93.7 Å². The van der Waals surface area contributed by atoms with Crippen molar-refractivity contribution in [3.05, 3.63) is 53.6 Å². The SMILES string of the molecule is COc1cccc(NC(=O)COC(=O)CCC(=O)Nc2c(C)cccc2C)c1. The Morgan fingerprint density at radius 2 is 1.57 bits per heavy atom. The van der Waals surface area contributed by atoms with E-state index in [-0.39, 0.29) is 18.7 Å². The predicted molar refractivity (Wildman–Crippen MR) is 106 cm³/mol. The molecular weight excluding hydrogens is 360 g/mol. The number of carbonyl (C=O) groups is 3. The Morgan fingerprint density at radius 1 is 0.893 bits per heavy atom. The molecule has 2 rings (SSSR count). The summed E-state index contributed by atoms with van der Waals surface area (Å²) in [4.78, 5) is 35.7. The fourth-order valence-corrected chi connectivity index (χ4v) is 2.55. The number of methoxy groups -OCH3 is 1. The second-order valence-corrected chi connectivity index (χ2v) is 6.26. The third-order valence-corrected chi connectivity index (χ3v) is 4.02. The van der Waals surface area contributed by atoms with Gasteiger partial charge in [0, 0.05) is 23.9 Å². The van der Waals surface area contributed by atoms with Gasteiger partial charge in [0.2, 0.25) is 5.91 Å². The van der Waals surface area contributed by atoms with Crippen molar-refractivity contribution in [2.45, 2.75) is 26.7 Å². The van der Waals surface area contributed by atoms with Gasteiger partial charge in [-0.3, -0.25) is 14.4 Å². The van der Waals surface area contributed by atoms with E-state index >= 15 is 0 Å². The van der Waals surface area contributed by atoms with Crippen LogP contribution in [-0.2, 0) is 19.1 Å². The third kappa shape index (κ3) is 6.42. The number of hydrogen-bond donors (Lipinski definition) is 2. The molecule has 7 nitrogen and oxygen atoms in total. The lowest BCUT2D eigenvalue weighted by atomic mass is 10.1. The number of ether oxygens (including phenoxy) is 2. The van der Waals surface area contributed by atoms with Crippen molar-refractivity contribution in [3.63, 3.8) is 0 Å². The molecule has 2 N–H and O–H groups in total. The van der Waals surface area contributed by atoms with Crippen LogP contribution in [0.15, 0.2) is 42.5 Å². The zero-order valence-corrected chi connectivity index (χ0v) is 16.2. The van der Waals surface area contributed by atoms with Crippen LogP contribution in [0.25, 0.3) is 0 Å². The highest BCUT2D eigenvalue weighted by Gasteiger charge is 2.12. The molecule has 0 fully saturated rings. The zero-order valence-electron chi connectivity index (χ0n) is 16.2. The van der Waals surface area contributed by atoms with E-state index in [4.69, 9.17) is 9.47 Å². The first-order chi connectivity index (χ1) is 13.4. The number of aryl methyl sites for hydroxylation is 2. The fraction of sp³-hybridized carbons (Fsp3) is 0.286. The van der Waals surface area contributed by atoms with Crippen molar-refractivity contribution in [1.29, 1.82) is 0 Å². The van der Waals surface area contributed by atoms with E-state index in [9.17, 15) is 14.4 Å². The first kappa shape index (κ1) is 21.0. The number of nitrogens with one attached hydrogen (secondary N) is 2. The molecule has 0 saturated heterocycles. The van der Waals surface area contributed by atoms with Gasteiger partial charge in [-0.2, -0.15) is 0 Å². The van der Waals surface area contributed by atoms with E-state index < -0.39 is 18.5 Å². The van der Waals surface area contributed by atoms with Crippen molar-refractivity contribution in [1.82, 2.24) is 0 Å². The first-order valence-electron chi connectivity index (χ1n) is 8.84. The van der Waals surface area contributed by atoms with Gasteiger partial charge < -0.3 is 20.1 Å². The molecule has 0 radical (unpaired) electrons. The lowest BCUT2D eigenvalue weighted by molar-refractivity contribution is -0.147. The summed E-state index contributed by atoms with van der Waals surface area (Å²) in [6, 6.07) is 12.5. The summed E-state index contributed by atoms with van der Waals surface area (Å²) in [6.07, 6.45) is -0.132. The third-order valence-electron chi connectivity index (χ3n) is 4.02. The highest BCUT2D eigenvalue weighted by atomic mass is 16.5. The number of para-hydroxylation sites is 1. The van der Waals surface area contributed by atoms with Crippen LogP contribution in [-0.4, -0.2) is 31.5 Å². The molecular formula is C21H24N2O5. The Labute approximate surface area is 164 Å². The van der Waals surface area contributed by atoms with E-state index in [0.717, 1.165) is 16.8 Å². The highest BCUT2D eigenvalue weighted by Crippen LogP contribution is 2.20. The summed E-state index contributed by atoms with van der Waals surface area (Å²) in [7, 11) is 1.53. The summed E-state index contributed by atoms with van der Waals surface area (Å²) < 4.78 is 9.99. The number of carbonyl (C=O) groups excluding carboxylic acids is 3. The molecule has 0 atom stereocenters. The van der Waals surface area contributed by atoms with E-state index in [1.807, 2.05) is 32.0 Å². The van der Waals surface area contributed by atoms with Crippen LogP contribution in [0.3, 0.4) is 0 Å². The van der Waals surface area contributed by atoms with Crippen LogP contribution in [0, 0.1) is 13.8 Å². The molecule has 0 bridgehead atoms. The monoisotopic (exact) mass is 384 g/mol. The maximum Gasteiger partial charge on any atom is 0.306 e. The number of anilines is 2. The summed E-state index contributed by atoms with van der Waals surface area (Å²) in [5.41, 5.74) is 3.18. The molecule has 0 aliphatic heterocycles. The molecule has 0 heterocycles. The van der Waals surface area contributed by atoms with Crippen LogP contribution in [0.4, 0.5) is 11.4 Å². The smallest absolute Gasteiger partial charge is 0.306 e. The number of rotatable bonds is 8. The minimum absolute atomic E-state index is 0.0237. The van der Waals surface area contributed by atoms with Gasteiger partial charge in [-0.1, -0.05) is 24.3 Å². The number of esters is 1. The predicted octanol–water partition coefficient (Wildman–Crippen LogP) is 3.21. The lowest BCUT2D eigenvalue weighted by Crippen LogP contribution is -2.22. The van der Waals surface area contributed by atoms with Crippen LogP contribution in [0.2, 0.25) is 0 Å². The maximum absolute atomic E-state index is 12.1. The zero-order chi connectivity index (χ0) is 20.5. The molecule has 148 valence electrons. The molecule has 28 heavy (non-hydrogen) atoms. The van der Waals surface area contributed by atoms with Gasteiger partial charge in [-0.15, -0.1) is 0 Å². The molecule has 2 amide bonds. The maximum atomic E-state index is 12.1. The Kier molecular flexibility index (Phi) is 7.56. The normalized spacial score (nSPS) is 10.1. The van der Waals surface area contributed by atoms with Crippen molar-refractivity contribution < 1.29 is 23.9 Å². The van der Waals surface area contributed by atoms with Gasteiger partial charge in [-0.05, 0) is 37.1 Å². The molecule has 0 unspecified atom stereocenters. The van der Waals surface area contributed by atoms with E-state index in [0.29, 0.717) is 11.4 Å². The fourth-order valence-electron chi connectivity index (χ4n) is 2.55. The molecule has 0 saturated carbocycles. The quantitative estimate of drug-likeness (QED) is 0.682. The van der Waals surface area contributed by atoms with Crippen molar-refractivity contribution in [3.8, 4) is 5.75 Å². The van der Waals surface area contributed by atoms with Gasteiger partial charge in [0.25, 0.3) is 5.91 Å². The van der Waals surface area contributed by atoms with E-state index in [1.165, 1.54) is 7.11 Å². The van der Waals surface area contributed by atoms with Crippen LogP contribution >= 0.6 is 0 Å².